The van der Waals surface area contributed by atoms with Crippen LogP contribution in [0.2, 0.25) is 0 Å². The summed E-state index contributed by atoms with van der Waals surface area (Å²) in [6.45, 7) is 13.4. The molecular formula is C40H38N2O. The summed E-state index contributed by atoms with van der Waals surface area (Å²) in [5.41, 5.74) is 11.7. The Morgan fingerprint density at radius 1 is 0.581 bits per heavy atom. The van der Waals surface area contributed by atoms with Crippen molar-refractivity contribution in [1.82, 2.24) is 4.98 Å². The normalized spacial score (nSPS) is 12.3. The highest BCUT2D eigenvalue weighted by Crippen LogP contribution is 2.37. The van der Waals surface area contributed by atoms with Gasteiger partial charge in [-0.05, 0) is 74.5 Å². The van der Waals surface area contributed by atoms with Crippen LogP contribution in [0.25, 0.3) is 44.8 Å². The van der Waals surface area contributed by atoms with Gasteiger partial charge in [0.25, 0.3) is 0 Å². The summed E-state index contributed by atoms with van der Waals surface area (Å²) in [6, 6.07) is 40.2. The molecule has 0 radical (unpaired) electrons. The molecule has 0 spiro atoms. The first kappa shape index (κ1) is 28.4. The zero-order valence-corrected chi connectivity index (χ0v) is 25.8. The van der Waals surface area contributed by atoms with E-state index in [9.17, 15) is 0 Å². The fraction of sp³-hybridized carbons (Fsp3) is 0.200. The molecule has 6 rings (SSSR count). The molecule has 0 aliphatic carbocycles. The Morgan fingerprint density at radius 2 is 1.26 bits per heavy atom. The van der Waals surface area contributed by atoms with E-state index in [1.807, 2.05) is 42.6 Å². The third-order valence-corrected chi connectivity index (χ3v) is 7.92. The first-order chi connectivity index (χ1) is 20.6. The van der Waals surface area contributed by atoms with Gasteiger partial charge in [0.1, 0.15) is 5.52 Å². The van der Waals surface area contributed by atoms with Crippen LogP contribution in [0.5, 0.6) is 0 Å². The number of nitrogens with zero attached hydrogens (tertiary/aromatic N) is 2. The molecule has 0 amide bonds. The van der Waals surface area contributed by atoms with Gasteiger partial charge >= 0.3 is 0 Å². The van der Waals surface area contributed by atoms with Gasteiger partial charge in [-0.25, -0.2) is 4.98 Å². The van der Waals surface area contributed by atoms with Gasteiger partial charge < -0.3 is 4.42 Å². The highest BCUT2D eigenvalue weighted by atomic mass is 16.3. The largest absolute Gasteiger partial charge is 0.436 e. The maximum atomic E-state index is 6.35. The van der Waals surface area contributed by atoms with Crippen LogP contribution in [0.3, 0.4) is 0 Å². The molecule has 0 bridgehead atoms. The molecule has 43 heavy (non-hydrogen) atoms. The average molecular weight is 563 g/mol. The standard InChI is InChI=1S/C40H38N2O/c1-39(2,3)31-22-20-28(21-23-31)29-13-10-14-30(25-29)33-17-11-19-36-37(33)42-38(43-36)34-16-7-8-18-35(34)41-26-27-12-9-15-32(24-27)40(4,5)6/h7-26H,1-6H3. The van der Waals surface area contributed by atoms with Crippen LogP contribution in [0, 0.1) is 0 Å². The SMILES string of the molecule is CC(C)(C)c1ccc(-c2cccc(-c3cccc4oc(-c5ccccc5N=Cc5cccc(C(C)(C)C)c5)nc34)c2)cc1. The van der Waals surface area contributed by atoms with Crippen molar-refractivity contribution in [2.24, 2.45) is 4.99 Å². The second-order valence-electron chi connectivity index (χ2n) is 13.2. The van der Waals surface area contributed by atoms with Crippen LogP contribution < -0.4 is 0 Å². The van der Waals surface area contributed by atoms with Crippen molar-refractivity contribution in [3.63, 3.8) is 0 Å². The van der Waals surface area contributed by atoms with Gasteiger partial charge in [-0.3, -0.25) is 4.99 Å². The second kappa shape index (κ2) is 11.1. The van der Waals surface area contributed by atoms with Crippen molar-refractivity contribution in [1.29, 1.82) is 0 Å². The lowest BCUT2D eigenvalue weighted by Crippen LogP contribution is -2.11. The Bertz CT molecular complexity index is 1930. The fourth-order valence-corrected chi connectivity index (χ4v) is 5.32. The molecule has 6 aromatic rings. The first-order valence-electron chi connectivity index (χ1n) is 14.9. The highest BCUT2D eigenvalue weighted by Gasteiger charge is 2.17. The van der Waals surface area contributed by atoms with E-state index in [-0.39, 0.29) is 10.8 Å². The van der Waals surface area contributed by atoms with E-state index in [0.717, 1.165) is 39.0 Å². The van der Waals surface area contributed by atoms with Crippen LogP contribution in [0.15, 0.2) is 125 Å². The van der Waals surface area contributed by atoms with Crippen LogP contribution in [0.4, 0.5) is 5.69 Å². The molecule has 3 heteroatoms. The maximum Gasteiger partial charge on any atom is 0.229 e. The molecule has 3 nitrogen and oxygen atoms in total. The molecule has 1 aromatic heterocycles. The fourth-order valence-electron chi connectivity index (χ4n) is 5.32. The predicted octanol–water partition coefficient (Wildman–Crippen LogP) is 11.2. The van der Waals surface area contributed by atoms with Gasteiger partial charge in [-0.1, -0.05) is 126 Å². The molecule has 0 aliphatic heterocycles. The van der Waals surface area contributed by atoms with Gasteiger partial charge in [-0.2, -0.15) is 0 Å². The van der Waals surface area contributed by atoms with Crippen molar-refractivity contribution in [3.05, 3.63) is 132 Å². The van der Waals surface area contributed by atoms with E-state index in [0.29, 0.717) is 5.89 Å². The quantitative estimate of drug-likeness (QED) is 0.196. The van der Waals surface area contributed by atoms with Crippen molar-refractivity contribution >= 4 is 23.0 Å². The van der Waals surface area contributed by atoms with E-state index < -0.39 is 0 Å². The number of oxazole rings is 1. The number of fused-ring (bicyclic) bond motifs is 1. The van der Waals surface area contributed by atoms with Crippen LogP contribution in [-0.4, -0.2) is 11.2 Å². The third-order valence-electron chi connectivity index (χ3n) is 7.92. The summed E-state index contributed by atoms with van der Waals surface area (Å²) in [5.74, 6) is 0.563. The summed E-state index contributed by atoms with van der Waals surface area (Å²) >= 11 is 0. The number of aromatic nitrogens is 1. The topological polar surface area (TPSA) is 38.4 Å². The molecule has 0 N–H and O–H groups in total. The highest BCUT2D eigenvalue weighted by molar-refractivity contribution is 5.94. The minimum absolute atomic E-state index is 0.0774. The number of benzene rings is 5. The molecule has 1 heterocycles. The number of aliphatic imine (C=N–C) groups is 1. The van der Waals surface area contributed by atoms with Gasteiger partial charge in [0.05, 0.1) is 11.3 Å². The number of para-hydroxylation sites is 2. The zero-order chi connectivity index (χ0) is 30.2. The zero-order valence-electron chi connectivity index (χ0n) is 25.8. The van der Waals surface area contributed by atoms with Gasteiger partial charge in [0.2, 0.25) is 5.89 Å². The lowest BCUT2D eigenvalue weighted by Gasteiger charge is -2.19. The van der Waals surface area contributed by atoms with Gasteiger partial charge in [0.15, 0.2) is 5.58 Å². The third kappa shape index (κ3) is 6.08. The summed E-state index contributed by atoms with van der Waals surface area (Å²) in [4.78, 5) is 9.89. The Hall–Kier alpha value is -4.76. The van der Waals surface area contributed by atoms with E-state index in [1.165, 1.54) is 22.3 Å². The van der Waals surface area contributed by atoms with E-state index in [4.69, 9.17) is 14.4 Å². The maximum absolute atomic E-state index is 6.35. The molecule has 0 saturated carbocycles. The number of rotatable bonds is 5. The minimum Gasteiger partial charge on any atom is -0.436 e. The Labute approximate surface area is 255 Å². The summed E-state index contributed by atoms with van der Waals surface area (Å²) in [6.07, 6.45) is 1.92. The first-order valence-corrected chi connectivity index (χ1v) is 14.9. The number of hydrogen-bond acceptors (Lipinski definition) is 3. The van der Waals surface area contributed by atoms with Crippen molar-refractivity contribution in [2.45, 2.75) is 52.4 Å². The minimum atomic E-state index is 0.0774. The molecule has 0 aliphatic rings. The molecule has 0 saturated heterocycles. The van der Waals surface area contributed by atoms with Crippen molar-refractivity contribution in [3.8, 4) is 33.7 Å². The predicted molar refractivity (Wildman–Crippen MR) is 181 cm³/mol. The summed E-state index contributed by atoms with van der Waals surface area (Å²) in [5, 5.41) is 0. The van der Waals surface area contributed by atoms with Crippen molar-refractivity contribution in [2.75, 3.05) is 0 Å². The second-order valence-corrected chi connectivity index (χ2v) is 13.2. The summed E-state index contributed by atoms with van der Waals surface area (Å²) < 4.78 is 6.35. The molecule has 5 aromatic carbocycles. The monoisotopic (exact) mass is 562 g/mol. The molecular weight excluding hydrogens is 524 g/mol. The molecule has 214 valence electrons. The number of hydrogen-bond donors (Lipinski definition) is 0. The smallest absolute Gasteiger partial charge is 0.229 e. The Kier molecular flexibility index (Phi) is 7.35. The van der Waals surface area contributed by atoms with Crippen molar-refractivity contribution < 1.29 is 4.42 Å². The van der Waals surface area contributed by atoms with Crippen LogP contribution in [0.1, 0.15) is 58.2 Å². The molecule has 0 atom stereocenters. The van der Waals surface area contributed by atoms with Crippen LogP contribution in [-0.2, 0) is 10.8 Å². The van der Waals surface area contributed by atoms with Crippen LogP contribution >= 0.6 is 0 Å². The van der Waals surface area contributed by atoms with Gasteiger partial charge in [-0.15, -0.1) is 0 Å². The lowest BCUT2D eigenvalue weighted by molar-refractivity contribution is 0.590. The lowest BCUT2D eigenvalue weighted by atomic mass is 9.86. The Balaban J connectivity index is 1.35. The molecule has 0 unspecified atom stereocenters. The van der Waals surface area contributed by atoms with E-state index in [1.54, 1.807) is 0 Å². The molecule has 0 fully saturated rings. The van der Waals surface area contributed by atoms with Gasteiger partial charge in [0, 0.05) is 11.8 Å². The average Bonchev–Trinajstić information content (AvgIpc) is 3.44. The summed E-state index contributed by atoms with van der Waals surface area (Å²) in [7, 11) is 0. The Morgan fingerprint density at radius 3 is 2.02 bits per heavy atom. The van der Waals surface area contributed by atoms with E-state index in [2.05, 4.69) is 120 Å². The van der Waals surface area contributed by atoms with E-state index >= 15 is 0 Å².